The summed E-state index contributed by atoms with van der Waals surface area (Å²) in [6, 6.07) is 5.22. The summed E-state index contributed by atoms with van der Waals surface area (Å²) in [5, 5.41) is 9.19. The lowest BCUT2D eigenvalue weighted by Gasteiger charge is -2.36. The van der Waals surface area contributed by atoms with Gasteiger partial charge in [0, 0.05) is 18.8 Å². The fourth-order valence-electron chi connectivity index (χ4n) is 2.20. The van der Waals surface area contributed by atoms with Crippen LogP contribution in [0.1, 0.15) is 17.3 Å². The molecular formula is C13H17BrN2O3. The lowest BCUT2D eigenvalue weighted by Crippen LogP contribution is -2.50. The number of hydrogen-bond donors (Lipinski definition) is 2. The number of morpholine rings is 1. The molecule has 0 aromatic heterocycles. The van der Waals surface area contributed by atoms with Gasteiger partial charge in [0.2, 0.25) is 0 Å². The summed E-state index contributed by atoms with van der Waals surface area (Å²) in [7, 11) is 0. The van der Waals surface area contributed by atoms with Gasteiger partial charge >= 0.3 is 0 Å². The molecule has 5 nitrogen and oxygen atoms in total. The van der Waals surface area contributed by atoms with Crippen molar-refractivity contribution in [1.82, 2.24) is 4.90 Å². The fraction of sp³-hybridized carbons (Fsp3) is 0.462. The van der Waals surface area contributed by atoms with Crippen molar-refractivity contribution < 1.29 is 14.6 Å². The van der Waals surface area contributed by atoms with Crippen LogP contribution in [0.2, 0.25) is 0 Å². The number of carbonyl (C=O) groups is 1. The second kappa shape index (κ2) is 5.90. The Balaban J connectivity index is 2.21. The molecule has 2 unspecified atom stereocenters. The quantitative estimate of drug-likeness (QED) is 0.801. The first-order chi connectivity index (χ1) is 9.02. The van der Waals surface area contributed by atoms with Gasteiger partial charge in [0.1, 0.15) is 0 Å². The van der Waals surface area contributed by atoms with E-state index >= 15 is 0 Å². The van der Waals surface area contributed by atoms with Crippen LogP contribution in [-0.2, 0) is 4.74 Å². The molecule has 1 aliphatic rings. The third-order valence-corrected chi connectivity index (χ3v) is 3.96. The van der Waals surface area contributed by atoms with Gasteiger partial charge in [0.05, 0.1) is 28.9 Å². The second-order valence-electron chi connectivity index (χ2n) is 4.67. The number of nitrogen functional groups attached to an aromatic ring is 1. The number of benzene rings is 1. The van der Waals surface area contributed by atoms with Crippen molar-refractivity contribution >= 4 is 27.5 Å². The monoisotopic (exact) mass is 328 g/mol. The zero-order valence-corrected chi connectivity index (χ0v) is 12.3. The number of nitrogens with zero attached hydrogens (tertiary/aromatic N) is 1. The van der Waals surface area contributed by atoms with Gasteiger partial charge in [-0.2, -0.15) is 0 Å². The van der Waals surface area contributed by atoms with Crippen molar-refractivity contribution in [2.75, 3.05) is 25.4 Å². The van der Waals surface area contributed by atoms with E-state index in [4.69, 9.17) is 10.5 Å². The molecule has 104 valence electrons. The molecule has 1 aliphatic heterocycles. The highest BCUT2D eigenvalue weighted by molar-refractivity contribution is 9.10. The van der Waals surface area contributed by atoms with Crippen molar-refractivity contribution in [2.24, 2.45) is 0 Å². The molecule has 1 amide bonds. The van der Waals surface area contributed by atoms with E-state index in [1.807, 2.05) is 6.92 Å². The van der Waals surface area contributed by atoms with Crippen LogP contribution in [0.25, 0.3) is 0 Å². The van der Waals surface area contributed by atoms with Crippen molar-refractivity contribution in [3.05, 3.63) is 28.2 Å². The largest absolute Gasteiger partial charge is 0.398 e. The van der Waals surface area contributed by atoms with Gasteiger partial charge in [0.25, 0.3) is 5.91 Å². The number of carbonyl (C=O) groups excluding carboxylic acids is 1. The van der Waals surface area contributed by atoms with Crippen LogP contribution in [0.3, 0.4) is 0 Å². The number of rotatable bonds is 2. The molecule has 19 heavy (non-hydrogen) atoms. The third kappa shape index (κ3) is 3.08. The van der Waals surface area contributed by atoms with Gasteiger partial charge in [-0.1, -0.05) is 6.07 Å². The number of halogens is 1. The number of ether oxygens (including phenoxy) is 1. The summed E-state index contributed by atoms with van der Waals surface area (Å²) in [6.45, 7) is 2.69. The average Bonchev–Trinajstić information content (AvgIpc) is 2.40. The van der Waals surface area contributed by atoms with Crippen LogP contribution < -0.4 is 5.73 Å². The van der Waals surface area contributed by atoms with Gasteiger partial charge in [-0.15, -0.1) is 0 Å². The van der Waals surface area contributed by atoms with Crippen molar-refractivity contribution in [3.8, 4) is 0 Å². The van der Waals surface area contributed by atoms with Crippen LogP contribution in [0.5, 0.6) is 0 Å². The minimum atomic E-state index is -0.326. The summed E-state index contributed by atoms with van der Waals surface area (Å²) < 4.78 is 6.14. The van der Waals surface area contributed by atoms with Crippen LogP contribution >= 0.6 is 15.9 Å². The molecule has 1 aromatic carbocycles. The van der Waals surface area contributed by atoms with Crippen LogP contribution in [-0.4, -0.2) is 47.8 Å². The molecule has 0 bridgehead atoms. The fourth-order valence-corrected chi connectivity index (χ4v) is 2.63. The van der Waals surface area contributed by atoms with Crippen LogP contribution in [0.15, 0.2) is 22.7 Å². The summed E-state index contributed by atoms with van der Waals surface area (Å²) in [5.74, 6) is -0.104. The Morgan fingerprint density at radius 3 is 3.00 bits per heavy atom. The molecule has 1 heterocycles. The summed E-state index contributed by atoms with van der Waals surface area (Å²) in [4.78, 5) is 14.2. The second-order valence-corrected chi connectivity index (χ2v) is 5.46. The van der Waals surface area contributed by atoms with Gasteiger partial charge in [-0.25, -0.2) is 0 Å². The van der Waals surface area contributed by atoms with E-state index in [0.717, 1.165) is 0 Å². The Kier molecular flexibility index (Phi) is 4.44. The van der Waals surface area contributed by atoms with E-state index in [1.54, 1.807) is 23.1 Å². The minimum absolute atomic E-state index is 0.0883. The summed E-state index contributed by atoms with van der Waals surface area (Å²) >= 11 is 3.34. The van der Waals surface area contributed by atoms with Crippen molar-refractivity contribution in [3.63, 3.8) is 0 Å². The molecule has 0 saturated carbocycles. The molecular weight excluding hydrogens is 312 g/mol. The normalized spacial score (nSPS) is 23.4. The molecule has 1 saturated heterocycles. The highest BCUT2D eigenvalue weighted by Gasteiger charge is 2.29. The Morgan fingerprint density at radius 2 is 2.32 bits per heavy atom. The number of aliphatic hydroxyl groups is 1. The zero-order chi connectivity index (χ0) is 14.0. The van der Waals surface area contributed by atoms with Gasteiger partial charge in [-0.3, -0.25) is 4.79 Å². The smallest absolute Gasteiger partial charge is 0.255 e. The lowest BCUT2D eigenvalue weighted by atomic mass is 10.1. The van der Waals surface area contributed by atoms with Crippen molar-refractivity contribution in [1.29, 1.82) is 0 Å². The van der Waals surface area contributed by atoms with E-state index in [-0.39, 0.29) is 24.7 Å². The van der Waals surface area contributed by atoms with E-state index in [1.165, 1.54) is 0 Å². The van der Waals surface area contributed by atoms with E-state index < -0.39 is 0 Å². The molecule has 6 heteroatoms. The van der Waals surface area contributed by atoms with Gasteiger partial charge in [0.15, 0.2) is 0 Å². The summed E-state index contributed by atoms with van der Waals surface area (Å²) in [6.07, 6.45) is -0.415. The first-order valence-electron chi connectivity index (χ1n) is 6.12. The molecule has 1 fully saturated rings. The molecule has 3 N–H and O–H groups in total. The average molecular weight is 329 g/mol. The Bertz CT molecular complexity index is 481. The number of amides is 1. The summed E-state index contributed by atoms with van der Waals surface area (Å²) in [5.41, 5.74) is 6.85. The highest BCUT2D eigenvalue weighted by atomic mass is 79.9. The number of hydrogen-bond acceptors (Lipinski definition) is 4. The van der Waals surface area contributed by atoms with E-state index in [9.17, 15) is 9.90 Å². The maximum atomic E-state index is 12.5. The topological polar surface area (TPSA) is 75.8 Å². The van der Waals surface area contributed by atoms with Gasteiger partial charge < -0.3 is 20.5 Å². The maximum absolute atomic E-state index is 12.5. The zero-order valence-electron chi connectivity index (χ0n) is 10.7. The van der Waals surface area contributed by atoms with Crippen LogP contribution in [0, 0.1) is 0 Å². The minimum Gasteiger partial charge on any atom is -0.398 e. The highest BCUT2D eigenvalue weighted by Crippen LogP contribution is 2.26. The Labute approximate surface area is 120 Å². The Morgan fingerprint density at radius 1 is 1.58 bits per heavy atom. The SMILES string of the molecule is CC1CN(C(=O)c2cccc(N)c2Br)CC(CO)O1. The van der Waals surface area contributed by atoms with Crippen LogP contribution in [0.4, 0.5) is 5.69 Å². The molecule has 0 radical (unpaired) electrons. The maximum Gasteiger partial charge on any atom is 0.255 e. The molecule has 0 spiro atoms. The predicted octanol–water partition coefficient (Wildman–Crippen LogP) is 1.25. The number of aliphatic hydroxyl groups excluding tert-OH is 1. The number of anilines is 1. The Hall–Kier alpha value is -1.11. The lowest BCUT2D eigenvalue weighted by molar-refractivity contribution is -0.0858. The standard InChI is InChI=1S/C13H17BrN2O3/c1-8-5-16(6-9(7-17)19-8)13(18)10-3-2-4-11(15)12(10)14/h2-4,8-9,17H,5-7,15H2,1H3. The van der Waals surface area contributed by atoms with E-state index in [0.29, 0.717) is 28.8 Å². The van der Waals surface area contributed by atoms with E-state index in [2.05, 4.69) is 15.9 Å². The third-order valence-electron chi connectivity index (χ3n) is 3.08. The first-order valence-corrected chi connectivity index (χ1v) is 6.91. The molecule has 0 aliphatic carbocycles. The molecule has 2 atom stereocenters. The first kappa shape index (κ1) is 14.3. The predicted molar refractivity (Wildman–Crippen MR) is 75.9 cm³/mol. The van der Waals surface area contributed by atoms with Crippen molar-refractivity contribution in [2.45, 2.75) is 19.1 Å². The molecule has 1 aromatic rings. The number of nitrogens with two attached hydrogens (primary N) is 1. The van der Waals surface area contributed by atoms with Gasteiger partial charge in [-0.05, 0) is 35.0 Å². The molecule has 2 rings (SSSR count).